The van der Waals surface area contributed by atoms with Crippen molar-refractivity contribution in [3.63, 3.8) is 0 Å². The third-order valence-electron chi connectivity index (χ3n) is 2.44. The molecule has 0 bridgehead atoms. The minimum atomic E-state index is 0.234. The number of imidazole rings is 1. The van der Waals surface area contributed by atoms with Crippen LogP contribution in [0.3, 0.4) is 0 Å². The number of fused-ring (bicyclic) bond motifs is 1. The van der Waals surface area contributed by atoms with Crippen LogP contribution in [0.15, 0.2) is 24.3 Å². The molecule has 0 radical (unpaired) electrons. The zero-order valence-corrected chi connectivity index (χ0v) is 7.40. The van der Waals surface area contributed by atoms with Crippen molar-refractivity contribution in [1.29, 1.82) is 0 Å². The highest BCUT2D eigenvalue weighted by Gasteiger charge is 2.29. The van der Waals surface area contributed by atoms with Gasteiger partial charge in [0.15, 0.2) is 0 Å². The summed E-state index contributed by atoms with van der Waals surface area (Å²) in [7, 11) is 2.03. The Labute approximate surface area is 76.0 Å². The smallest absolute Gasteiger partial charge is 0.141 e. The van der Waals surface area contributed by atoms with Gasteiger partial charge in [0.1, 0.15) is 11.9 Å². The highest BCUT2D eigenvalue weighted by molar-refractivity contribution is 5.75. The lowest BCUT2D eigenvalue weighted by Crippen LogP contribution is -1.95. The number of rotatable bonds is 1. The van der Waals surface area contributed by atoms with Crippen molar-refractivity contribution in [3.05, 3.63) is 30.1 Å². The number of hydrogen-bond acceptors (Lipinski definition) is 2. The van der Waals surface area contributed by atoms with Gasteiger partial charge in [-0.15, -0.1) is 0 Å². The number of para-hydroxylation sites is 2. The van der Waals surface area contributed by atoms with Crippen LogP contribution in [0, 0.1) is 0 Å². The van der Waals surface area contributed by atoms with Gasteiger partial charge >= 0.3 is 0 Å². The maximum Gasteiger partial charge on any atom is 0.141 e. The lowest BCUT2D eigenvalue weighted by molar-refractivity contribution is 0.403. The number of benzene rings is 1. The number of nitrogens with zero attached hydrogens (tertiary/aromatic N) is 2. The third kappa shape index (κ3) is 0.971. The topological polar surface area (TPSA) is 30.4 Å². The second-order valence-electron chi connectivity index (χ2n) is 3.34. The first-order valence-electron chi connectivity index (χ1n) is 4.39. The van der Waals surface area contributed by atoms with Crippen molar-refractivity contribution in [3.8, 4) is 0 Å². The van der Waals surface area contributed by atoms with Crippen LogP contribution in [0.2, 0.25) is 0 Å². The van der Waals surface area contributed by atoms with Crippen LogP contribution < -0.4 is 0 Å². The summed E-state index contributed by atoms with van der Waals surface area (Å²) in [4.78, 5) is 4.51. The molecule has 0 amide bonds. The molecule has 1 saturated heterocycles. The van der Waals surface area contributed by atoms with Crippen molar-refractivity contribution in [2.75, 3.05) is 6.61 Å². The molecule has 0 saturated carbocycles. The van der Waals surface area contributed by atoms with Crippen molar-refractivity contribution >= 4 is 11.0 Å². The van der Waals surface area contributed by atoms with Gasteiger partial charge in [0.05, 0.1) is 17.6 Å². The Bertz CT molecular complexity index is 457. The van der Waals surface area contributed by atoms with E-state index in [9.17, 15) is 0 Å². The van der Waals surface area contributed by atoms with E-state index in [1.54, 1.807) is 0 Å². The van der Waals surface area contributed by atoms with E-state index in [0.29, 0.717) is 0 Å². The molecule has 0 N–H and O–H groups in total. The first kappa shape index (κ1) is 7.09. The normalized spacial score (nSPS) is 20.8. The van der Waals surface area contributed by atoms with Crippen LogP contribution in [-0.4, -0.2) is 16.2 Å². The molecule has 1 aliphatic rings. The molecule has 0 spiro atoms. The molecular formula is C10H10N2O. The maximum absolute atomic E-state index is 5.22. The SMILES string of the molecule is Cn1c(C2CO2)nc2ccccc21. The molecule has 3 heteroatoms. The predicted molar refractivity (Wildman–Crippen MR) is 49.4 cm³/mol. The Balaban J connectivity index is 2.30. The van der Waals surface area contributed by atoms with Crippen LogP contribution >= 0.6 is 0 Å². The summed E-state index contributed by atoms with van der Waals surface area (Å²) in [5.41, 5.74) is 2.23. The fourth-order valence-corrected chi connectivity index (χ4v) is 1.65. The summed E-state index contributed by atoms with van der Waals surface area (Å²) in [6.45, 7) is 0.817. The summed E-state index contributed by atoms with van der Waals surface area (Å²) in [6.07, 6.45) is 0.234. The minimum absolute atomic E-state index is 0.234. The van der Waals surface area contributed by atoms with Gasteiger partial charge in [0.2, 0.25) is 0 Å². The second-order valence-corrected chi connectivity index (χ2v) is 3.34. The van der Waals surface area contributed by atoms with E-state index in [1.165, 1.54) is 5.52 Å². The molecule has 0 aliphatic carbocycles. The Morgan fingerprint density at radius 3 is 2.92 bits per heavy atom. The van der Waals surface area contributed by atoms with E-state index in [-0.39, 0.29) is 6.10 Å². The summed E-state index contributed by atoms with van der Waals surface area (Å²) in [6, 6.07) is 8.14. The zero-order chi connectivity index (χ0) is 8.84. The van der Waals surface area contributed by atoms with Gasteiger partial charge in [-0.25, -0.2) is 4.98 Å². The summed E-state index contributed by atoms with van der Waals surface area (Å²) in [5, 5.41) is 0. The number of aromatic nitrogens is 2. The molecule has 66 valence electrons. The fourth-order valence-electron chi connectivity index (χ4n) is 1.65. The summed E-state index contributed by atoms with van der Waals surface area (Å²) in [5.74, 6) is 1.04. The quantitative estimate of drug-likeness (QED) is 0.615. The summed E-state index contributed by atoms with van der Waals surface area (Å²) >= 11 is 0. The highest BCUT2D eigenvalue weighted by Crippen LogP contribution is 2.30. The largest absolute Gasteiger partial charge is 0.365 e. The predicted octanol–water partition coefficient (Wildman–Crippen LogP) is 1.64. The monoisotopic (exact) mass is 174 g/mol. The van der Waals surface area contributed by atoms with Crippen molar-refractivity contribution in [1.82, 2.24) is 9.55 Å². The molecule has 2 heterocycles. The molecule has 2 aromatic rings. The first-order chi connectivity index (χ1) is 6.36. The van der Waals surface area contributed by atoms with Crippen molar-refractivity contribution in [2.45, 2.75) is 6.10 Å². The Morgan fingerprint density at radius 1 is 1.46 bits per heavy atom. The molecular weight excluding hydrogens is 164 g/mol. The molecule has 13 heavy (non-hydrogen) atoms. The van der Waals surface area contributed by atoms with Crippen LogP contribution in [0.25, 0.3) is 11.0 Å². The molecule has 3 rings (SSSR count). The van der Waals surface area contributed by atoms with E-state index < -0.39 is 0 Å². The van der Waals surface area contributed by atoms with Gasteiger partial charge in [-0.3, -0.25) is 0 Å². The molecule has 3 nitrogen and oxygen atoms in total. The minimum Gasteiger partial charge on any atom is -0.365 e. The van der Waals surface area contributed by atoms with Crippen LogP contribution in [0.5, 0.6) is 0 Å². The van der Waals surface area contributed by atoms with Crippen LogP contribution in [-0.2, 0) is 11.8 Å². The van der Waals surface area contributed by atoms with E-state index >= 15 is 0 Å². The Morgan fingerprint density at radius 2 is 2.23 bits per heavy atom. The Hall–Kier alpha value is -1.35. The average Bonchev–Trinajstić information content (AvgIpc) is 2.94. The van der Waals surface area contributed by atoms with E-state index in [4.69, 9.17) is 4.74 Å². The average molecular weight is 174 g/mol. The molecule has 1 aromatic heterocycles. The lowest BCUT2D eigenvalue weighted by atomic mass is 10.3. The van der Waals surface area contributed by atoms with Gasteiger partial charge in [-0.1, -0.05) is 12.1 Å². The molecule has 1 atom stereocenters. The standard InChI is InChI=1S/C10H10N2O/c1-12-8-5-3-2-4-7(8)11-10(12)9-6-13-9/h2-5,9H,6H2,1H3. The molecule has 1 aliphatic heterocycles. The van der Waals surface area contributed by atoms with E-state index in [2.05, 4.69) is 15.6 Å². The number of aryl methyl sites for hydroxylation is 1. The Kier molecular flexibility index (Phi) is 1.27. The number of ether oxygens (including phenoxy) is 1. The van der Waals surface area contributed by atoms with Crippen LogP contribution in [0.1, 0.15) is 11.9 Å². The highest BCUT2D eigenvalue weighted by atomic mass is 16.6. The fraction of sp³-hybridized carbons (Fsp3) is 0.300. The number of hydrogen-bond donors (Lipinski definition) is 0. The van der Waals surface area contributed by atoms with Gasteiger partial charge in [0.25, 0.3) is 0 Å². The summed E-state index contributed by atoms with van der Waals surface area (Å²) < 4.78 is 7.33. The van der Waals surface area contributed by atoms with E-state index in [1.807, 2.05) is 25.2 Å². The lowest BCUT2D eigenvalue weighted by Gasteiger charge is -1.96. The van der Waals surface area contributed by atoms with Crippen molar-refractivity contribution in [2.24, 2.45) is 7.05 Å². The molecule has 1 unspecified atom stereocenters. The maximum atomic E-state index is 5.22. The molecule has 1 fully saturated rings. The first-order valence-corrected chi connectivity index (χ1v) is 4.39. The van der Waals surface area contributed by atoms with Gasteiger partial charge in [0, 0.05) is 7.05 Å². The molecule has 1 aromatic carbocycles. The zero-order valence-electron chi connectivity index (χ0n) is 7.40. The van der Waals surface area contributed by atoms with Crippen molar-refractivity contribution < 1.29 is 4.74 Å². The van der Waals surface area contributed by atoms with Gasteiger partial charge < -0.3 is 9.30 Å². The van der Waals surface area contributed by atoms with Crippen LogP contribution in [0.4, 0.5) is 0 Å². The van der Waals surface area contributed by atoms with Gasteiger partial charge in [-0.05, 0) is 12.1 Å². The number of epoxide rings is 1. The third-order valence-corrected chi connectivity index (χ3v) is 2.44. The van der Waals surface area contributed by atoms with E-state index in [0.717, 1.165) is 17.9 Å². The van der Waals surface area contributed by atoms with Gasteiger partial charge in [-0.2, -0.15) is 0 Å². The second kappa shape index (κ2) is 2.33.